The molecule has 0 unspecified atom stereocenters. The minimum absolute atomic E-state index is 0.0248. The van der Waals surface area contributed by atoms with Crippen LogP contribution in [-0.2, 0) is 11.3 Å². The molecule has 4 rings (SSSR count). The van der Waals surface area contributed by atoms with Crippen molar-refractivity contribution in [3.63, 3.8) is 0 Å². The molecule has 2 N–H and O–H groups in total. The average molecular weight is 435 g/mol. The summed E-state index contributed by atoms with van der Waals surface area (Å²) in [6.07, 6.45) is 2.41. The number of nitrogens with zero attached hydrogens (tertiary/aromatic N) is 6. The van der Waals surface area contributed by atoms with Crippen LogP contribution >= 0.6 is 0 Å². The number of ether oxygens (including phenoxy) is 1. The van der Waals surface area contributed by atoms with Crippen LogP contribution in [0.25, 0.3) is 5.65 Å². The smallest absolute Gasteiger partial charge is 0.282 e. The molecule has 10 nitrogen and oxygen atoms in total. The Balaban J connectivity index is 1.57. The average Bonchev–Trinajstić information content (AvgIpc) is 3.38. The lowest BCUT2D eigenvalue weighted by Gasteiger charge is -2.27. The van der Waals surface area contributed by atoms with Crippen molar-refractivity contribution < 1.29 is 23.4 Å². The molecule has 1 aliphatic heterocycles. The van der Waals surface area contributed by atoms with Gasteiger partial charge in [0.2, 0.25) is 0 Å². The summed E-state index contributed by atoms with van der Waals surface area (Å²) in [7, 11) is 0. The Morgan fingerprint density at radius 1 is 1.23 bits per heavy atom. The van der Waals surface area contributed by atoms with Crippen LogP contribution in [0.3, 0.4) is 0 Å². The minimum atomic E-state index is -2.82. The number of hydrogen-bond acceptors (Lipinski definition) is 7. The van der Waals surface area contributed by atoms with E-state index >= 15 is 0 Å². The molecule has 0 saturated carbocycles. The Morgan fingerprint density at radius 3 is 2.77 bits per heavy atom. The SMILES string of the molecule is O=C(Nc1cnn(CCCCO)c1C(F)F)c1cnn2ccc(N3CCOCC3)nc12. The van der Waals surface area contributed by atoms with Crippen molar-refractivity contribution in [1.82, 2.24) is 24.4 Å². The number of carbonyl (C=O) groups excluding carboxylic acids is 1. The molecule has 31 heavy (non-hydrogen) atoms. The first-order valence-corrected chi connectivity index (χ1v) is 10.0. The highest BCUT2D eigenvalue weighted by Crippen LogP contribution is 2.28. The molecule has 0 aromatic carbocycles. The lowest BCUT2D eigenvalue weighted by molar-refractivity contribution is 0.102. The number of halogens is 2. The van der Waals surface area contributed by atoms with Crippen molar-refractivity contribution >= 4 is 23.1 Å². The zero-order valence-electron chi connectivity index (χ0n) is 16.7. The number of alkyl halides is 2. The number of hydrogen-bond donors (Lipinski definition) is 2. The van der Waals surface area contributed by atoms with Gasteiger partial charge in [0.25, 0.3) is 12.3 Å². The van der Waals surface area contributed by atoms with Crippen molar-refractivity contribution in [2.75, 3.05) is 43.1 Å². The molecular formula is C19H23F2N7O3. The molecule has 0 spiro atoms. The van der Waals surface area contributed by atoms with Crippen LogP contribution in [0.1, 0.15) is 35.3 Å². The van der Waals surface area contributed by atoms with E-state index in [1.54, 1.807) is 12.3 Å². The van der Waals surface area contributed by atoms with E-state index in [9.17, 15) is 13.6 Å². The first-order chi connectivity index (χ1) is 15.1. The van der Waals surface area contributed by atoms with Gasteiger partial charge in [-0.2, -0.15) is 10.2 Å². The largest absolute Gasteiger partial charge is 0.396 e. The summed E-state index contributed by atoms with van der Waals surface area (Å²) in [5.41, 5.74) is 0.0659. The van der Waals surface area contributed by atoms with E-state index in [4.69, 9.17) is 9.84 Å². The van der Waals surface area contributed by atoms with Crippen molar-refractivity contribution in [3.05, 3.63) is 35.9 Å². The predicted octanol–water partition coefficient (Wildman–Crippen LogP) is 1.72. The predicted molar refractivity (Wildman–Crippen MR) is 107 cm³/mol. The van der Waals surface area contributed by atoms with Gasteiger partial charge in [-0.05, 0) is 18.9 Å². The highest BCUT2D eigenvalue weighted by Gasteiger charge is 2.24. The molecule has 166 valence electrons. The van der Waals surface area contributed by atoms with Crippen LogP contribution in [0.2, 0.25) is 0 Å². The molecule has 1 amide bonds. The number of amides is 1. The second-order valence-corrected chi connectivity index (χ2v) is 7.06. The van der Waals surface area contributed by atoms with Crippen molar-refractivity contribution in [1.29, 1.82) is 0 Å². The molecule has 0 aliphatic carbocycles. The maximum absolute atomic E-state index is 13.6. The second-order valence-electron chi connectivity index (χ2n) is 7.06. The van der Waals surface area contributed by atoms with E-state index in [-0.39, 0.29) is 30.1 Å². The summed E-state index contributed by atoms with van der Waals surface area (Å²) < 4.78 is 35.2. The fourth-order valence-electron chi connectivity index (χ4n) is 3.45. The summed E-state index contributed by atoms with van der Waals surface area (Å²) in [6, 6.07) is 1.80. The van der Waals surface area contributed by atoms with Crippen LogP contribution in [0.4, 0.5) is 20.3 Å². The van der Waals surface area contributed by atoms with Crippen molar-refractivity contribution in [2.45, 2.75) is 25.8 Å². The standard InChI is InChI=1S/C19H23F2N7O3/c20-17(21)16-14(12-23-27(16)4-1-2-8-29)24-19(30)13-11-22-28-5-3-15(25-18(13)28)26-6-9-31-10-7-26/h3,5,11-12,17,29H,1-2,4,6-10H2,(H,24,30). The highest BCUT2D eigenvalue weighted by atomic mass is 19.3. The van der Waals surface area contributed by atoms with E-state index in [1.165, 1.54) is 16.9 Å². The molecule has 3 aromatic heterocycles. The van der Waals surface area contributed by atoms with Gasteiger partial charge in [0.1, 0.15) is 17.1 Å². The number of carbonyl (C=O) groups is 1. The van der Waals surface area contributed by atoms with E-state index < -0.39 is 12.3 Å². The van der Waals surface area contributed by atoms with Crippen molar-refractivity contribution in [2.24, 2.45) is 0 Å². The number of aromatic nitrogens is 5. The Labute approximate surface area is 176 Å². The third-order valence-corrected chi connectivity index (χ3v) is 5.05. The van der Waals surface area contributed by atoms with E-state index in [1.807, 2.05) is 4.90 Å². The van der Waals surface area contributed by atoms with E-state index in [0.717, 1.165) is 4.68 Å². The molecule has 0 bridgehead atoms. The number of aryl methyl sites for hydroxylation is 1. The summed E-state index contributed by atoms with van der Waals surface area (Å²) in [4.78, 5) is 19.5. The van der Waals surface area contributed by atoms with Crippen LogP contribution in [0.15, 0.2) is 24.7 Å². The zero-order chi connectivity index (χ0) is 21.8. The zero-order valence-corrected chi connectivity index (χ0v) is 16.7. The van der Waals surface area contributed by atoms with Gasteiger partial charge in [0, 0.05) is 32.4 Å². The minimum Gasteiger partial charge on any atom is -0.396 e. The Kier molecular flexibility index (Phi) is 6.37. The Bertz CT molecular complexity index is 1050. The maximum atomic E-state index is 13.6. The van der Waals surface area contributed by atoms with Gasteiger partial charge in [-0.25, -0.2) is 18.3 Å². The lowest BCUT2D eigenvalue weighted by atomic mass is 10.2. The van der Waals surface area contributed by atoms with Crippen molar-refractivity contribution in [3.8, 4) is 0 Å². The van der Waals surface area contributed by atoms with Gasteiger partial charge < -0.3 is 20.1 Å². The van der Waals surface area contributed by atoms with Gasteiger partial charge in [-0.15, -0.1) is 0 Å². The number of fused-ring (bicyclic) bond motifs is 1. The quantitative estimate of drug-likeness (QED) is 0.519. The van der Waals surface area contributed by atoms with Gasteiger partial charge in [0.15, 0.2) is 5.65 Å². The summed E-state index contributed by atoms with van der Waals surface area (Å²) in [5, 5.41) is 19.5. The Hall–Kier alpha value is -3.12. The number of rotatable bonds is 8. The first kappa shape index (κ1) is 21.1. The number of morpholine rings is 1. The fourth-order valence-corrected chi connectivity index (χ4v) is 3.45. The Morgan fingerprint density at radius 2 is 2.03 bits per heavy atom. The lowest BCUT2D eigenvalue weighted by Crippen LogP contribution is -2.36. The molecule has 4 heterocycles. The number of aliphatic hydroxyl groups is 1. The van der Waals surface area contributed by atoms with Crippen LogP contribution in [0.5, 0.6) is 0 Å². The number of nitrogens with one attached hydrogen (secondary N) is 1. The molecule has 3 aromatic rings. The summed E-state index contributed by atoms with van der Waals surface area (Å²) in [5.74, 6) is 0.0914. The molecular weight excluding hydrogens is 412 g/mol. The molecule has 1 saturated heterocycles. The maximum Gasteiger partial charge on any atom is 0.282 e. The van der Waals surface area contributed by atoms with Crippen LogP contribution in [-0.4, -0.2) is 68.3 Å². The van der Waals surface area contributed by atoms with Gasteiger partial charge in [-0.3, -0.25) is 9.48 Å². The number of anilines is 2. The number of aliphatic hydroxyl groups excluding tert-OH is 1. The summed E-state index contributed by atoms with van der Waals surface area (Å²) in [6.45, 7) is 2.76. The van der Waals surface area contributed by atoms with Crippen LogP contribution < -0.4 is 10.2 Å². The van der Waals surface area contributed by atoms with Gasteiger partial charge in [-0.1, -0.05) is 0 Å². The normalized spacial score (nSPS) is 14.5. The van der Waals surface area contributed by atoms with Gasteiger partial charge >= 0.3 is 0 Å². The number of unbranched alkanes of at least 4 members (excludes halogenated alkanes) is 1. The van der Waals surface area contributed by atoms with Gasteiger partial charge in [0.05, 0.1) is 31.3 Å². The molecule has 0 radical (unpaired) electrons. The van der Waals surface area contributed by atoms with E-state index in [2.05, 4.69) is 20.5 Å². The topological polar surface area (TPSA) is 110 Å². The van der Waals surface area contributed by atoms with E-state index in [0.29, 0.717) is 50.6 Å². The monoisotopic (exact) mass is 435 g/mol. The summed E-state index contributed by atoms with van der Waals surface area (Å²) >= 11 is 0. The fraction of sp³-hybridized carbons (Fsp3) is 0.474. The third-order valence-electron chi connectivity index (χ3n) is 5.05. The second kappa shape index (κ2) is 9.35. The first-order valence-electron chi connectivity index (χ1n) is 10.0. The molecule has 12 heteroatoms. The highest BCUT2D eigenvalue weighted by molar-refractivity contribution is 6.08. The molecule has 0 atom stereocenters. The third kappa shape index (κ3) is 4.49. The molecule has 1 fully saturated rings. The van der Waals surface area contributed by atoms with Crippen LogP contribution in [0, 0.1) is 0 Å². The molecule has 1 aliphatic rings.